The molecule has 0 unspecified atom stereocenters. The molecule has 1 aliphatic heterocycles. The molecule has 2 aliphatic rings. The summed E-state index contributed by atoms with van der Waals surface area (Å²) in [5, 5.41) is 13.0. The first-order valence-electron chi connectivity index (χ1n) is 12.9. The van der Waals surface area contributed by atoms with Crippen LogP contribution in [-0.2, 0) is 29.0 Å². The molecule has 0 saturated carbocycles. The monoisotopic (exact) mass is 559 g/mol. The van der Waals surface area contributed by atoms with E-state index in [-0.39, 0.29) is 19.4 Å². The summed E-state index contributed by atoms with van der Waals surface area (Å²) in [6, 6.07) is 5.81. The topological polar surface area (TPSA) is 101 Å². The first-order valence-corrected chi connectivity index (χ1v) is 13.7. The summed E-state index contributed by atoms with van der Waals surface area (Å²) in [5.74, 6) is -1.96. The highest BCUT2D eigenvalue weighted by Gasteiger charge is 2.46. The van der Waals surface area contributed by atoms with Crippen molar-refractivity contribution >= 4 is 33.4 Å². The number of carboxylic acid groups (broad SMARTS) is 1. The molecule has 2 heterocycles. The van der Waals surface area contributed by atoms with E-state index in [1.165, 1.54) is 11.3 Å². The van der Waals surface area contributed by atoms with Crippen LogP contribution in [0.5, 0.6) is 11.5 Å². The second kappa shape index (κ2) is 11.1. The van der Waals surface area contributed by atoms with E-state index in [4.69, 9.17) is 9.47 Å². The Kier molecular flexibility index (Phi) is 7.73. The van der Waals surface area contributed by atoms with Gasteiger partial charge in [-0.25, -0.2) is 13.8 Å². The first kappa shape index (κ1) is 27.3. The van der Waals surface area contributed by atoms with Gasteiger partial charge in [0.15, 0.2) is 23.1 Å². The molecule has 5 rings (SSSR count). The number of carbonyl (C=O) groups excluding carboxylic acids is 1. The van der Waals surface area contributed by atoms with E-state index in [9.17, 15) is 23.5 Å². The maximum absolute atomic E-state index is 13.8. The number of piperidine rings is 1. The van der Waals surface area contributed by atoms with Crippen molar-refractivity contribution in [2.24, 2.45) is 11.3 Å². The van der Waals surface area contributed by atoms with Gasteiger partial charge in [-0.05, 0) is 75.0 Å². The van der Waals surface area contributed by atoms with E-state index < -0.39 is 35.3 Å². The lowest BCUT2D eigenvalue weighted by Crippen LogP contribution is -2.43. The van der Waals surface area contributed by atoms with Gasteiger partial charge in [0.05, 0.1) is 42.3 Å². The number of hydrogen-bond donors (Lipinski definition) is 2. The van der Waals surface area contributed by atoms with Gasteiger partial charge in [0.25, 0.3) is 0 Å². The molecule has 0 spiro atoms. The molecule has 0 atom stereocenters. The van der Waals surface area contributed by atoms with Crippen molar-refractivity contribution in [2.75, 3.05) is 33.9 Å². The summed E-state index contributed by atoms with van der Waals surface area (Å²) in [7, 11) is 3.71. The second-order valence-electron chi connectivity index (χ2n) is 10.6. The van der Waals surface area contributed by atoms with Crippen LogP contribution in [0.3, 0.4) is 0 Å². The largest absolute Gasteiger partial charge is 0.493 e. The molecule has 1 amide bonds. The van der Waals surface area contributed by atoms with Gasteiger partial charge in [-0.1, -0.05) is 0 Å². The van der Waals surface area contributed by atoms with Gasteiger partial charge in [0.2, 0.25) is 5.91 Å². The number of methoxy groups -OCH3 is 1. The number of fused-ring (bicyclic) bond motifs is 2. The summed E-state index contributed by atoms with van der Waals surface area (Å²) in [6.45, 7) is 2.80. The molecule has 1 fully saturated rings. The average molecular weight is 560 g/mol. The Hall–Kier alpha value is -3.31. The number of ether oxygens (including phenoxy) is 2. The second-order valence-corrected chi connectivity index (χ2v) is 11.7. The van der Waals surface area contributed by atoms with Crippen molar-refractivity contribution in [3.8, 4) is 11.5 Å². The van der Waals surface area contributed by atoms with Crippen LogP contribution < -0.4 is 14.8 Å². The minimum atomic E-state index is -1.33. The van der Waals surface area contributed by atoms with Crippen LogP contribution in [0.15, 0.2) is 24.3 Å². The molecule has 0 bridgehead atoms. The van der Waals surface area contributed by atoms with E-state index in [1.54, 1.807) is 7.11 Å². The maximum atomic E-state index is 13.8. The molecule has 2 aromatic carbocycles. The van der Waals surface area contributed by atoms with Crippen molar-refractivity contribution in [1.82, 2.24) is 15.2 Å². The Morgan fingerprint density at radius 2 is 1.79 bits per heavy atom. The zero-order valence-corrected chi connectivity index (χ0v) is 22.7. The molecule has 1 aliphatic carbocycles. The highest BCUT2D eigenvalue weighted by molar-refractivity contribution is 7.18. The van der Waals surface area contributed by atoms with Crippen LogP contribution >= 0.6 is 11.3 Å². The number of carbonyl (C=O) groups is 2. The smallest absolute Gasteiger partial charge is 0.304 e. The van der Waals surface area contributed by atoms with Gasteiger partial charge in [-0.3, -0.25) is 9.59 Å². The fourth-order valence-corrected chi connectivity index (χ4v) is 6.43. The number of aliphatic carboxylic acids is 1. The Bertz CT molecular complexity index is 1370. The molecule has 8 nitrogen and oxygen atoms in total. The van der Waals surface area contributed by atoms with Crippen LogP contribution in [0.2, 0.25) is 0 Å². The van der Waals surface area contributed by atoms with Crippen molar-refractivity contribution in [2.45, 2.75) is 38.6 Å². The lowest BCUT2D eigenvalue weighted by Gasteiger charge is -2.28. The molecular formula is C28H31F2N3O5S. The molecule has 1 aromatic heterocycles. The SMILES string of the molecule is COc1cc2sc(CNC(=O)C3(CC(=O)O)Cc4cc(F)c(F)cc4C3)nc2cc1OCC1CCN(C)CC1. The van der Waals surface area contributed by atoms with Crippen LogP contribution in [0.4, 0.5) is 8.78 Å². The highest BCUT2D eigenvalue weighted by atomic mass is 32.1. The number of rotatable bonds is 9. The Morgan fingerprint density at radius 3 is 2.41 bits per heavy atom. The molecular weight excluding hydrogens is 528 g/mol. The number of carboxylic acids is 1. The molecule has 11 heteroatoms. The standard InChI is InChI=1S/C28H31F2N3O5S/c1-33-5-3-16(4-6-33)15-38-23-9-21-24(10-22(23)37-2)39-25(32-21)14-31-27(36)28(13-26(34)35)11-17-7-19(29)20(30)8-18(17)12-28/h7-10,16H,3-6,11-15H2,1-2H3,(H,31,36)(H,34,35). The number of halogens is 2. The maximum Gasteiger partial charge on any atom is 0.304 e. The lowest BCUT2D eigenvalue weighted by molar-refractivity contribution is -0.145. The van der Waals surface area contributed by atoms with Gasteiger partial charge in [0, 0.05) is 12.1 Å². The minimum absolute atomic E-state index is 0.0205. The third-order valence-corrected chi connectivity index (χ3v) is 8.72. The van der Waals surface area contributed by atoms with E-state index in [1.807, 2.05) is 12.1 Å². The number of amides is 1. The summed E-state index contributed by atoms with van der Waals surface area (Å²) in [5.41, 5.74) is 0.279. The van der Waals surface area contributed by atoms with Crippen LogP contribution in [0.1, 0.15) is 35.4 Å². The molecule has 208 valence electrons. The Morgan fingerprint density at radius 1 is 1.13 bits per heavy atom. The normalized spacial score (nSPS) is 17.2. The molecule has 2 N–H and O–H groups in total. The predicted octanol–water partition coefficient (Wildman–Crippen LogP) is 4.18. The molecule has 39 heavy (non-hydrogen) atoms. The first-order chi connectivity index (χ1) is 18.7. The van der Waals surface area contributed by atoms with Crippen molar-refractivity contribution in [3.05, 3.63) is 52.0 Å². The average Bonchev–Trinajstić information content (AvgIpc) is 3.46. The third-order valence-electron chi connectivity index (χ3n) is 7.70. The summed E-state index contributed by atoms with van der Waals surface area (Å²) >= 11 is 1.39. The number of thiazole rings is 1. The van der Waals surface area contributed by atoms with Gasteiger partial charge in [-0.2, -0.15) is 0 Å². The summed E-state index contributed by atoms with van der Waals surface area (Å²) in [6.07, 6.45) is 1.75. The van der Waals surface area contributed by atoms with Crippen molar-refractivity contribution in [1.29, 1.82) is 0 Å². The number of benzene rings is 2. The van der Waals surface area contributed by atoms with Crippen molar-refractivity contribution < 1.29 is 33.0 Å². The number of aromatic nitrogens is 1. The minimum Gasteiger partial charge on any atom is -0.493 e. The highest BCUT2D eigenvalue weighted by Crippen LogP contribution is 2.41. The van der Waals surface area contributed by atoms with Crippen LogP contribution in [-0.4, -0.2) is 60.7 Å². The van der Waals surface area contributed by atoms with E-state index in [0.717, 1.165) is 42.8 Å². The van der Waals surface area contributed by atoms with Gasteiger partial charge in [0.1, 0.15) is 5.01 Å². The van der Waals surface area contributed by atoms with E-state index >= 15 is 0 Å². The van der Waals surface area contributed by atoms with Gasteiger partial charge >= 0.3 is 5.97 Å². The van der Waals surface area contributed by atoms with E-state index in [2.05, 4.69) is 22.2 Å². The lowest BCUT2D eigenvalue weighted by atomic mass is 9.80. The number of likely N-dealkylation sites (tertiary alicyclic amines) is 1. The van der Waals surface area contributed by atoms with Crippen LogP contribution in [0, 0.1) is 23.0 Å². The number of hydrogen-bond acceptors (Lipinski definition) is 7. The predicted molar refractivity (Wildman–Crippen MR) is 142 cm³/mol. The quantitative estimate of drug-likeness (QED) is 0.406. The third kappa shape index (κ3) is 5.84. The Labute approximate surface area is 228 Å². The summed E-state index contributed by atoms with van der Waals surface area (Å²) < 4.78 is 40.1. The number of nitrogens with zero attached hydrogens (tertiary/aromatic N) is 2. The fourth-order valence-electron chi connectivity index (χ4n) is 5.52. The number of nitrogens with one attached hydrogen (secondary N) is 1. The zero-order valence-electron chi connectivity index (χ0n) is 21.9. The zero-order chi connectivity index (χ0) is 27.7. The van der Waals surface area contributed by atoms with Crippen LogP contribution in [0.25, 0.3) is 10.2 Å². The Balaban J connectivity index is 1.28. The van der Waals surface area contributed by atoms with Gasteiger partial charge < -0.3 is 24.8 Å². The van der Waals surface area contributed by atoms with E-state index in [0.29, 0.717) is 45.7 Å². The van der Waals surface area contributed by atoms with Crippen molar-refractivity contribution in [3.63, 3.8) is 0 Å². The molecule has 1 saturated heterocycles. The molecule has 3 aromatic rings. The van der Waals surface area contributed by atoms with Gasteiger partial charge in [-0.15, -0.1) is 11.3 Å². The molecule has 0 radical (unpaired) electrons. The fraction of sp³-hybridized carbons (Fsp3) is 0.464. The summed E-state index contributed by atoms with van der Waals surface area (Å²) in [4.78, 5) is 31.9.